The Morgan fingerprint density at radius 3 is 2.40 bits per heavy atom. The van der Waals surface area contributed by atoms with Gasteiger partial charge in [-0.15, -0.1) is 0 Å². The van der Waals surface area contributed by atoms with E-state index in [0.29, 0.717) is 16.7 Å². The molecule has 0 radical (unpaired) electrons. The van der Waals surface area contributed by atoms with Gasteiger partial charge in [0.2, 0.25) is 0 Å². The van der Waals surface area contributed by atoms with E-state index in [0.717, 1.165) is 16.0 Å². The number of carbonyl (C=O) groups is 1. The van der Waals surface area contributed by atoms with E-state index < -0.39 is 6.09 Å². The van der Waals surface area contributed by atoms with Crippen LogP contribution in [0.4, 0.5) is 10.5 Å². The van der Waals surface area contributed by atoms with Crippen LogP contribution in [-0.4, -0.2) is 28.6 Å². The van der Waals surface area contributed by atoms with Crippen molar-refractivity contribution in [1.82, 2.24) is 10.3 Å². The van der Waals surface area contributed by atoms with Crippen molar-refractivity contribution in [3.05, 3.63) is 42.5 Å². The molecular formula is C14H11N3O3. The van der Waals surface area contributed by atoms with E-state index in [-0.39, 0.29) is 0 Å². The maximum absolute atomic E-state index is 10.9. The summed E-state index contributed by atoms with van der Waals surface area (Å²) in [6.45, 7) is 0. The maximum Gasteiger partial charge on any atom is 0.411 e. The molecule has 0 bridgehead atoms. The van der Waals surface area contributed by atoms with E-state index in [2.05, 4.69) is 14.9 Å². The molecule has 3 aromatic rings. The number of anilines is 1. The number of aromatic nitrogens is 2. The summed E-state index contributed by atoms with van der Waals surface area (Å²) >= 11 is 0. The number of amides is 1. The molecule has 0 unspecified atom stereocenters. The number of fused-ring (bicyclic) bond motifs is 1. The summed E-state index contributed by atoms with van der Waals surface area (Å²) in [6, 6.07) is 12.9. The van der Waals surface area contributed by atoms with Crippen molar-refractivity contribution in [3.8, 4) is 11.1 Å². The van der Waals surface area contributed by atoms with Gasteiger partial charge in [0.05, 0.1) is 0 Å². The molecule has 0 saturated heterocycles. The molecule has 1 heterocycles. The second-order valence-corrected chi connectivity index (χ2v) is 4.36. The van der Waals surface area contributed by atoms with E-state index in [1.807, 2.05) is 30.3 Å². The highest BCUT2D eigenvalue weighted by molar-refractivity contribution is 5.86. The van der Waals surface area contributed by atoms with E-state index in [1.165, 1.54) is 7.05 Å². The van der Waals surface area contributed by atoms with Crippen LogP contribution >= 0.6 is 0 Å². The zero-order valence-electron chi connectivity index (χ0n) is 10.6. The summed E-state index contributed by atoms with van der Waals surface area (Å²) in [4.78, 5) is 12.0. The van der Waals surface area contributed by atoms with E-state index in [4.69, 9.17) is 5.11 Å². The van der Waals surface area contributed by atoms with Gasteiger partial charge >= 0.3 is 6.09 Å². The summed E-state index contributed by atoms with van der Waals surface area (Å²) in [5, 5.41) is 16.5. The molecule has 100 valence electrons. The van der Waals surface area contributed by atoms with Crippen LogP contribution in [0.5, 0.6) is 0 Å². The average Bonchev–Trinajstić information content (AvgIpc) is 2.94. The predicted octanol–water partition coefficient (Wildman–Crippen LogP) is 3.00. The van der Waals surface area contributed by atoms with Crippen LogP contribution in [0.25, 0.3) is 22.2 Å². The highest BCUT2D eigenvalue weighted by Crippen LogP contribution is 2.25. The van der Waals surface area contributed by atoms with Crippen molar-refractivity contribution in [1.29, 1.82) is 0 Å². The summed E-state index contributed by atoms with van der Waals surface area (Å²) in [5.74, 6) is 0. The molecule has 0 aliphatic carbocycles. The Bertz CT molecular complexity index is 765. The Labute approximate surface area is 114 Å². The van der Waals surface area contributed by atoms with Gasteiger partial charge in [-0.1, -0.05) is 18.2 Å². The molecule has 3 rings (SSSR count). The Kier molecular flexibility index (Phi) is 2.83. The minimum Gasteiger partial charge on any atom is -0.465 e. The monoisotopic (exact) mass is 269 g/mol. The Hall–Kier alpha value is -2.89. The smallest absolute Gasteiger partial charge is 0.411 e. The molecule has 0 aliphatic heterocycles. The largest absolute Gasteiger partial charge is 0.465 e. The fourth-order valence-electron chi connectivity index (χ4n) is 1.95. The Morgan fingerprint density at radius 1 is 1.05 bits per heavy atom. The third-order valence-corrected chi connectivity index (χ3v) is 3.13. The topological polar surface area (TPSA) is 79.5 Å². The molecule has 0 aliphatic rings. The molecule has 1 N–H and O–H groups in total. The van der Waals surface area contributed by atoms with Crippen molar-refractivity contribution >= 4 is 22.8 Å². The SMILES string of the molecule is CN(C(=O)O)c1ccc(-c2ccc3nonc3c2)cc1. The van der Waals surface area contributed by atoms with Crippen LogP contribution in [0, 0.1) is 0 Å². The lowest BCUT2D eigenvalue weighted by Crippen LogP contribution is -2.23. The fourth-order valence-corrected chi connectivity index (χ4v) is 1.95. The summed E-state index contributed by atoms with van der Waals surface area (Å²) < 4.78 is 4.66. The van der Waals surface area contributed by atoms with Crippen LogP contribution in [-0.2, 0) is 0 Å². The van der Waals surface area contributed by atoms with Crippen LogP contribution in [0.15, 0.2) is 47.1 Å². The van der Waals surface area contributed by atoms with Crippen LogP contribution in [0.2, 0.25) is 0 Å². The molecule has 0 spiro atoms. The molecule has 0 atom stereocenters. The third kappa shape index (κ3) is 2.07. The zero-order valence-corrected chi connectivity index (χ0v) is 10.6. The number of hydrogen-bond acceptors (Lipinski definition) is 4. The van der Waals surface area contributed by atoms with Crippen LogP contribution in [0.1, 0.15) is 0 Å². The number of rotatable bonds is 2. The van der Waals surface area contributed by atoms with Crippen molar-refractivity contribution < 1.29 is 14.5 Å². The Morgan fingerprint density at radius 2 is 1.70 bits per heavy atom. The number of carboxylic acid groups (broad SMARTS) is 1. The van der Waals surface area contributed by atoms with Gasteiger partial charge in [-0.2, -0.15) is 0 Å². The van der Waals surface area contributed by atoms with Gasteiger partial charge in [0, 0.05) is 12.7 Å². The predicted molar refractivity (Wildman–Crippen MR) is 73.7 cm³/mol. The molecule has 6 nitrogen and oxygen atoms in total. The van der Waals surface area contributed by atoms with Crippen molar-refractivity contribution in [3.63, 3.8) is 0 Å². The molecule has 6 heteroatoms. The van der Waals surface area contributed by atoms with E-state index in [9.17, 15) is 4.79 Å². The molecule has 1 aromatic heterocycles. The Balaban J connectivity index is 1.95. The second-order valence-electron chi connectivity index (χ2n) is 4.36. The highest BCUT2D eigenvalue weighted by Gasteiger charge is 2.08. The molecule has 2 aromatic carbocycles. The number of nitrogens with zero attached hydrogens (tertiary/aromatic N) is 3. The minimum absolute atomic E-state index is 0.616. The molecular weight excluding hydrogens is 258 g/mol. The lowest BCUT2D eigenvalue weighted by Gasteiger charge is -2.13. The molecule has 20 heavy (non-hydrogen) atoms. The number of hydrogen-bond donors (Lipinski definition) is 1. The van der Waals surface area contributed by atoms with Gasteiger partial charge in [-0.25, -0.2) is 9.42 Å². The first-order chi connectivity index (χ1) is 9.65. The zero-order chi connectivity index (χ0) is 14.1. The summed E-state index contributed by atoms with van der Waals surface area (Å²) in [6.07, 6.45) is -0.993. The van der Waals surface area contributed by atoms with Gasteiger partial charge in [-0.3, -0.25) is 4.90 Å². The van der Waals surface area contributed by atoms with Crippen LogP contribution in [0.3, 0.4) is 0 Å². The minimum atomic E-state index is -0.993. The van der Waals surface area contributed by atoms with E-state index in [1.54, 1.807) is 12.1 Å². The summed E-state index contributed by atoms with van der Waals surface area (Å²) in [7, 11) is 1.50. The normalized spacial score (nSPS) is 10.7. The van der Waals surface area contributed by atoms with Gasteiger partial charge < -0.3 is 5.11 Å². The first-order valence-electron chi connectivity index (χ1n) is 5.94. The first kappa shape index (κ1) is 12.2. The standard InChI is InChI=1S/C14H11N3O3/c1-17(14(18)19)11-5-2-9(3-6-11)10-4-7-12-13(8-10)16-20-15-12/h2-8H,1H3,(H,18,19). The van der Waals surface area contributed by atoms with Gasteiger partial charge in [0.15, 0.2) is 0 Å². The third-order valence-electron chi connectivity index (χ3n) is 3.13. The van der Waals surface area contributed by atoms with Crippen molar-refractivity contribution in [2.75, 3.05) is 11.9 Å². The highest BCUT2D eigenvalue weighted by atomic mass is 16.6. The molecule has 0 saturated carbocycles. The van der Waals surface area contributed by atoms with Gasteiger partial charge in [0.25, 0.3) is 0 Å². The van der Waals surface area contributed by atoms with Crippen LogP contribution < -0.4 is 4.90 Å². The quantitative estimate of drug-likeness (QED) is 0.773. The van der Waals surface area contributed by atoms with Crippen molar-refractivity contribution in [2.24, 2.45) is 0 Å². The first-order valence-corrected chi connectivity index (χ1v) is 5.94. The molecule has 0 fully saturated rings. The van der Waals surface area contributed by atoms with Gasteiger partial charge in [0.1, 0.15) is 11.0 Å². The average molecular weight is 269 g/mol. The molecule has 1 amide bonds. The fraction of sp³-hybridized carbons (Fsp3) is 0.0714. The van der Waals surface area contributed by atoms with Gasteiger partial charge in [-0.05, 0) is 45.7 Å². The second kappa shape index (κ2) is 4.65. The summed E-state index contributed by atoms with van der Waals surface area (Å²) in [5.41, 5.74) is 3.95. The van der Waals surface area contributed by atoms with E-state index >= 15 is 0 Å². The lowest BCUT2D eigenvalue weighted by atomic mass is 10.0. The maximum atomic E-state index is 10.9. The lowest BCUT2D eigenvalue weighted by molar-refractivity contribution is 0.203. The number of benzene rings is 2. The van der Waals surface area contributed by atoms with Crippen molar-refractivity contribution in [2.45, 2.75) is 0 Å².